The van der Waals surface area contributed by atoms with Gasteiger partial charge in [0, 0.05) is 7.05 Å². The van der Waals surface area contributed by atoms with E-state index in [0.717, 1.165) is 22.6 Å². The highest BCUT2D eigenvalue weighted by Gasteiger charge is 2.21. The second kappa shape index (κ2) is 5.79. The molecule has 0 radical (unpaired) electrons. The van der Waals surface area contributed by atoms with E-state index >= 15 is 0 Å². The highest BCUT2D eigenvalue weighted by Crippen LogP contribution is 2.18. The molecule has 1 aliphatic rings. The summed E-state index contributed by atoms with van der Waals surface area (Å²) in [6.45, 7) is 0.544. The van der Waals surface area contributed by atoms with Crippen molar-refractivity contribution in [2.75, 3.05) is 7.05 Å². The fraction of sp³-hybridized carbons (Fsp3) is 0.176. The first kappa shape index (κ1) is 13.4. The first-order valence-electron chi connectivity index (χ1n) is 6.83. The lowest BCUT2D eigenvalue weighted by Crippen LogP contribution is -2.14. The van der Waals surface area contributed by atoms with E-state index in [0.29, 0.717) is 13.0 Å². The molecule has 4 nitrogen and oxygen atoms in total. The van der Waals surface area contributed by atoms with Gasteiger partial charge in [-0.15, -0.1) is 0 Å². The van der Waals surface area contributed by atoms with Crippen molar-refractivity contribution < 1.29 is 9.53 Å². The maximum atomic E-state index is 11.5. The van der Waals surface area contributed by atoms with Crippen LogP contribution in [-0.2, 0) is 11.4 Å². The van der Waals surface area contributed by atoms with Crippen LogP contribution in [0.5, 0.6) is 5.75 Å². The van der Waals surface area contributed by atoms with E-state index in [2.05, 4.69) is 5.10 Å². The van der Waals surface area contributed by atoms with Crippen LogP contribution in [0.3, 0.4) is 0 Å². The molecule has 0 saturated carbocycles. The number of hydrazone groups is 1. The first-order valence-corrected chi connectivity index (χ1v) is 6.83. The minimum Gasteiger partial charge on any atom is -0.489 e. The van der Waals surface area contributed by atoms with Crippen LogP contribution in [0, 0.1) is 0 Å². The zero-order valence-corrected chi connectivity index (χ0v) is 11.8. The zero-order chi connectivity index (χ0) is 14.7. The summed E-state index contributed by atoms with van der Waals surface area (Å²) in [4.78, 5) is 11.5. The zero-order valence-electron chi connectivity index (χ0n) is 11.8. The Kier molecular flexibility index (Phi) is 3.69. The van der Waals surface area contributed by atoms with Gasteiger partial charge in [-0.05, 0) is 35.4 Å². The Morgan fingerprint density at radius 3 is 2.43 bits per heavy atom. The predicted molar refractivity (Wildman–Crippen MR) is 81.1 cm³/mol. The molecular weight excluding hydrogens is 264 g/mol. The van der Waals surface area contributed by atoms with Gasteiger partial charge in [-0.3, -0.25) is 4.79 Å². The summed E-state index contributed by atoms with van der Waals surface area (Å²) in [5, 5.41) is 5.61. The number of hydrogen-bond donors (Lipinski definition) is 0. The molecule has 1 aliphatic heterocycles. The highest BCUT2D eigenvalue weighted by atomic mass is 16.5. The van der Waals surface area contributed by atoms with Crippen molar-refractivity contribution in [2.45, 2.75) is 13.0 Å². The summed E-state index contributed by atoms with van der Waals surface area (Å²) in [6.07, 6.45) is 0.362. The van der Waals surface area contributed by atoms with Crippen LogP contribution in [-0.4, -0.2) is 23.7 Å². The molecule has 0 unspecified atom stereocenters. The number of nitrogens with zero attached hydrogens (tertiary/aromatic N) is 2. The van der Waals surface area contributed by atoms with Crippen molar-refractivity contribution in [3.63, 3.8) is 0 Å². The van der Waals surface area contributed by atoms with Crippen LogP contribution in [0.1, 0.15) is 17.5 Å². The molecule has 4 heteroatoms. The average Bonchev–Trinajstić information content (AvgIpc) is 2.86. The number of rotatable bonds is 4. The van der Waals surface area contributed by atoms with Crippen LogP contribution in [0.2, 0.25) is 0 Å². The number of hydrogen-bond acceptors (Lipinski definition) is 3. The number of carbonyl (C=O) groups excluding carboxylic acids is 1. The highest BCUT2D eigenvalue weighted by molar-refractivity contribution is 6.13. The third kappa shape index (κ3) is 3.11. The van der Waals surface area contributed by atoms with Gasteiger partial charge in [0.25, 0.3) is 0 Å². The third-order valence-electron chi connectivity index (χ3n) is 3.39. The molecule has 0 atom stereocenters. The van der Waals surface area contributed by atoms with Crippen molar-refractivity contribution in [1.82, 2.24) is 5.01 Å². The van der Waals surface area contributed by atoms with Gasteiger partial charge in [0.1, 0.15) is 12.4 Å². The molecule has 2 aromatic carbocycles. The molecule has 0 aliphatic carbocycles. The van der Waals surface area contributed by atoms with Gasteiger partial charge in [0.2, 0.25) is 5.91 Å². The van der Waals surface area contributed by atoms with Crippen LogP contribution in [0.25, 0.3) is 0 Å². The Labute approximate surface area is 123 Å². The molecule has 1 amide bonds. The van der Waals surface area contributed by atoms with Crippen LogP contribution < -0.4 is 4.74 Å². The van der Waals surface area contributed by atoms with Gasteiger partial charge >= 0.3 is 0 Å². The van der Waals surface area contributed by atoms with E-state index in [1.54, 1.807) is 7.05 Å². The standard InChI is InChI=1S/C17H16N2O2/c1-19-17(20)11-16(18-19)14-7-9-15(10-8-14)21-12-13-5-3-2-4-6-13/h2-10H,11-12H2,1H3. The Hall–Kier alpha value is -2.62. The van der Waals surface area contributed by atoms with Gasteiger partial charge in [-0.1, -0.05) is 30.3 Å². The van der Waals surface area contributed by atoms with E-state index in [1.807, 2.05) is 54.6 Å². The Morgan fingerprint density at radius 1 is 1.10 bits per heavy atom. The molecule has 0 bridgehead atoms. The fourth-order valence-corrected chi connectivity index (χ4v) is 2.17. The molecule has 0 fully saturated rings. The SMILES string of the molecule is CN1N=C(c2ccc(OCc3ccccc3)cc2)CC1=O. The van der Waals surface area contributed by atoms with Crippen molar-refractivity contribution in [2.24, 2.45) is 5.10 Å². The second-order valence-corrected chi connectivity index (χ2v) is 4.94. The molecule has 0 aromatic heterocycles. The minimum absolute atomic E-state index is 0.0226. The summed E-state index contributed by atoms with van der Waals surface area (Å²) in [7, 11) is 1.67. The molecule has 21 heavy (non-hydrogen) atoms. The lowest BCUT2D eigenvalue weighted by molar-refractivity contribution is -0.127. The maximum Gasteiger partial charge on any atom is 0.248 e. The van der Waals surface area contributed by atoms with Crippen LogP contribution in [0.4, 0.5) is 0 Å². The number of carbonyl (C=O) groups is 1. The summed E-state index contributed by atoms with van der Waals surface area (Å²) in [5.74, 6) is 0.829. The lowest BCUT2D eigenvalue weighted by atomic mass is 10.1. The maximum absolute atomic E-state index is 11.5. The van der Waals surface area contributed by atoms with Gasteiger partial charge < -0.3 is 4.74 Å². The monoisotopic (exact) mass is 280 g/mol. The molecule has 1 heterocycles. The average molecular weight is 280 g/mol. The molecule has 2 aromatic rings. The van der Waals surface area contributed by atoms with Gasteiger partial charge in [0.05, 0.1) is 12.1 Å². The van der Waals surface area contributed by atoms with E-state index in [-0.39, 0.29) is 5.91 Å². The Morgan fingerprint density at radius 2 is 1.81 bits per heavy atom. The van der Waals surface area contributed by atoms with E-state index < -0.39 is 0 Å². The van der Waals surface area contributed by atoms with Gasteiger partial charge in [-0.2, -0.15) is 5.10 Å². The minimum atomic E-state index is 0.0226. The normalized spacial score (nSPS) is 14.2. The van der Waals surface area contributed by atoms with Crippen molar-refractivity contribution in [3.8, 4) is 5.75 Å². The fourth-order valence-electron chi connectivity index (χ4n) is 2.17. The third-order valence-corrected chi connectivity index (χ3v) is 3.39. The first-order chi connectivity index (χ1) is 10.2. The van der Waals surface area contributed by atoms with Crippen LogP contribution in [0.15, 0.2) is 59.7 Å². The van der Waals surface area contributed by atoms with E-state index in [1.165, 1.54) is 5.01 Å². The van der Waals surface area contributed by atoms with Crippen molar-refractivity contribution >= 4 is 11.6 Å². The largest absolute Gasteiger partial charge is 0.489 e. The number of benzene rings is 2. The molecule has 3 rings (SSSR count). The molecule has 0 spiro atoms. The Bertz CT molecular complexity index is 663. The van der Waals surface area contributed by atoms with E-state index in [4.69, 9.17) is 4.74 Å². The Balaban J connectivity index is 1.65. The predicted octanol–water partition coefficient (Wildman–Crippen LogP) is 2.83. The number of ether oxygens (including phenoxy) is 1. The lowest BCUT2D eigenvalue weighted by Gasteiger charge is -2.07. The summed E-state index contributed by atoms with van der Waals surface area (Å²) in [5.41, 5.74) is 2.89. The van der Waals surface area contributed by atoms with Crippen LogP contribution >= 0.6 is 0 Å². The smallest absolute Gasteiger partial charge is 0.248 e. The van der Waals surface area contributed by atoms with Crippen molar-refractivity contribution in [1.29, 1.82) is 0 Å². The molecule has 0 saturated heterocycles. The second-order valence-electron chi connectivity index (χ2n) is 4.94. The molecular formula is C17H16N2O2. The summed E-state index contributed by atoms with van der Waals surface area (Å²) >= 11 is 0. The number of amides is 1. The quantitative estimate of drug-likeness (QED) is 0.864. The van der Waals surface area contributed by atoms with E-state index in [9.17, 15) is 4.79 Å². The van der Waals surface area contributed by atoms with Gasteiger partial charge in [-0.25, -0.2) is 5.01 Å². The molecule has 0 N–H and O–H groups in total. The molecule has 106 valence electrons. The summed E-state index contributed by atoms with van der Waals surface area (Å²) < 4.78 is 5.73. The van der Waals surface area contributed by atoms with Gasteiger partial charge in [0.15, 0.2) is 0 Å². The van der Waals surface area contributed by atoms with Crippen molar-refractivity contribution in [3.05, 3.63) is 65.7 Å². The topological polar surface area (TPSA) is 41.9 Å². The summed E-state index contributed by atoms with van der Waals surface area (Å²) in [6, 6.07) is 17.7.